The number of nitrogens with zero attached hydrogens (tertiary/aromatic N) is 1. The fourth-order valence-electron chi connectivity index (χ4n) is 3.29. The number of likely N-dealkylation sites (tertiary alicyclic amines) is 1. The standard InChI is InChI=1S/C20H31N3O3/c1-5-26-17-8-6-16(7-9-17)19(24)22-18(14(2)3)20(25)23-11-10-15(13-23)12-21-4/h6-9,14-15,18,21H,5,10-13H2,1-4H3,(H,22,24). The number of benzene rings is 1. The highest BCUT2D eigenvalue weighted by atomic mass is 16.5. The summed E-state index contributed by atoms with van der Waals surface area (Å²) in [6, 6.07) is 6.48. The number of carbonyl (C=O) groups is 2. The smallest absolute Gasteiger partial charge is 0.251 e. The third-order valence-electron chi connectivity index (χ3n) is 4.74. The van der Waals surface area contributed by atoms with Crippen LogP contribution in [0, 0.1) is 11.8 Å². The Bertz CT molecular complexity index is 601. The zero-order valence-electron chi connectivity index (χ0n) is 16.2. The minimum Gasteiger partial charge on any atom is -0.494 e. The van der Waals surface area contributed by atoms with Crippen LogP contribution in [-0.4, -0.2) is 56.0 Å². The van der Waals surface area contributed by atoms with Gasteiger partial charge in [0.15, 0.2) is 0 Å². The first-order valence-electron chi connectivity index (χ1n) is 9.43. The molecule has 0 saturated carbocycles. The predicted molar refractivity (Wildman–Crippen MR) is 102 cm³/mol. The summed E-state index contributed by atoms with van der Waals surface area (Å²) in [5, 5.41) is 6.09. The predicted octanol–water partition coefficient (Wildman–Crippen LogP) is 1.91. The van der Waals surface area contributed by atoms with Crippen LogP contribution in [0.2, 0.25) is 0 Å². The normalized spacial score (nSPS) is 18.0. The van der Waals surface area contributed by atoms with Gasteiger partial charge in [-0.05, 0) is 63.0 Å². The van der Waals surface area contributed by atoms with E-state index in [0.29, 0.717) is 18.1 Å². The van der Waals surface area contributed by atoms with Gasteiger partial charge in [-0.25, -0.2) is 0 Å². The summed E-state index contributed by atoms with van der Waals surface area (Å²) in [6.45, 7) is 8.84. The first kappa shape index (κ1) is 20.2. The van der Waals surface area contributed by atoms with Gasteiger partial charge in [-0.2, -0.15) is 0 Å². The number of rotatable bonds is 8. The summed E-state index contributed by atoms with van der Waals surface area (Å²) < 4.78 is 5.40. The molecule has 1 aromatic rings. The third-order valence-corrected chi connectivity index (χ3v) is 4.74. The van der Waals surface area contributed by atoms with E-state index in [0.717, 1.165) is 31.8 Å². The Balaban J connectivity index is 2.00. The molecule has 0 radical (unpaired) electrons. The van der Waals surface area contributed by atoms with Gasteiger partial charge in [-0.15, -0.1) is 0 Å². The lowest BCUT2D eigenvalue weighted by molar-refractivity contribution is -0.133. The van der Waals surface area contributed by atoms with E-state index < -0.39 is 6.04 Å². The summed E-state index contributed by atoms with van der Waals surface area (Å²) in [4.78, 5) is 27.4. The molecule has 1 saturated heterocycles. The molecule has 2 unspecified atom stereocenters. The summed E-state index contributed by atoms with van der Waals surface area (Å²) in [5.41, 5.74) is 0.529. The topological polar surface area (TPSA) is 70.7 Å². The van der Waals surface area contributed by atoms with Crippen molar-refractivity contribution >= 4 is 11.8 Å². The van der Waals surface area contributed by atoms with Crippen LogP contribution in [0.25, 0.3) is 0 Å². The van der Waals surface area contributed by atoms with Gasteiger partial charge in [0.25, 0.3) is 5.91 Å². The second-order valence-electron chi connectivity index (χ2n) is 7.15. The summed E-state index contributed by atoms with van der Waals surface area (Å²) in [6.07, 6.45) is 1.00. The lowest BCUT2D eigenvalue weighted by atomic mass is 10.0. The molecule has 6 nitrogen and oxygen atoms in total. The molecule has 0 aliphatic carbocycles. The van der Waals surface area contributed by atoms with Gasteiger partial charge in [0, 0.05) is 18.7 Å². The molecular weight excluding hydrogens is 330 g/mol. The van der Waals surface area contributed by atoms with Gasteiger partial charge in [0.1, 0.15) is 11.8 Å². The Morgan fingerprint density at radius 3 is 2.54 bits per heavy atom. The van der Waals surface area contributed by atoms with Crippen LogP contribution >= 0.6 is 0 Å². The number of hydrogen-bond acceptors (Lipinski definition) is 4. The number of hydrogen-bond donors (Lipinski definition) is 2. The zero-order chi connectivity index (χ0) is 19.1. The first-order valence-corrected chi connectivity index (χ1v) is 9.43. The van der Waals surface area contributed by atoms with Crippen LogP contribution in [0.15, 0.2) is 24.3 Å². The Morgan fingerprint density at radius 2 is 1.96 bits per heavy atom. The van der Waals surface area contributed by atoms with Crippen LogP contribution < -0.4 is 15.4 Å². The average molecular weight is 361 g/mol. The highest BCUT2D eigenvalue weighted by Crippen LogP contribution is 2.19. The molecule has 1 heterocycles. The van der Waals surface area contributed by atoms with Crippen molar-refractivity contribution in [1.29, 1.82) is 0 Å². The van der Waals surface area contributed by atoms with Gasteiger partial charge in [-0.3, -0.25) is 9.59 Å². The Morgan fingerprint density at radius 1 is 1.27 bits per heavy atom. The number of ether oxygens (including phenoxy) is 1. The van der Waals surface area contributed by atoms with Crippen molar-refractivity contribution in [1.82, 2.24) is 15.5 Å². The summed E-state index contributed by atoms with van der Waals surface area (Å²) >= 11 is 0. The Hall–Kier alpha value is -2.08. The van der Waals surface area contributed by atoms with E-state index in [9.17, 15) is 9.59 Å². The molecular formula is C20H31N3O3. The fraction of sp³-hybridized carbons (Fsp3) is 0.600. The highest BCUT2D eigenvalue weighted by Gasteiger charge is 2.33. The van der Waals surface area contributed by atoms with Gasteiger partial charge >= 0.3 is 0 Å². The van der Waals surface area contributed by atoms with E-state index in [1.165, 1.54) is 0 Å². The van der Waals surface area contributed by atoms with Crippen molar-refractivity contribution in [2.24, 2.45) is 11.8 Å². The molecule has 1 aliphatic heterocycles. The maximum Gasteiger partial charge on any atom is 0.251 e. The van der Waals surface area contributed by atoms with Crippen molar-refractivity contribution in [3.63, 3.8) is 0 Å². The molecule has 2 amide bonds. The van der Waals surface area contributed by atoms with Crippen LogP contribution in [-0.2, 0) is 4.79 Å². The molecule has 2 rings (SSSR count). The van der Waals surface area contributed by atoms with E-state index in [1.54, 1.807) is 24.3 Å². The minimum atomic E-state index is -0.512. The zero-order valence-corrected chi connectivity index (χ0v) is 16.2. The first-order chi connectivity index (χ1) is 12.5. The molecule has 2 N–H and O–H groups in total. The number of amides is 2. The molecule has 0 bridgehead atoms. The molecule has 0 aromatic heterocycles. The largest absolute Gasteiger partial charge is 0.494 e. The lowest BCUT2D eigenvalue weighted by Crippen LogP contribution is -2.50. The van der Waals surface area contributed by atoms with E-state index >= 15 is 0 Å². The minimum absolute atomic E-state index is 0.0119. The van der Waals surface area contributed by atoms with Gasteiger partial charge in [0.05, 0.1) is 6.61 Å². The molecule has 144 valence electrons. The molecule has 1 fully saturated rings. The lowest BCUT2D eigenvalue weighted by Gasteiger charge is -2.27. The van der Waals surface area contributed by atoms with Crippen molar-refractivity contribution in [2.75, 3.05) is 33.3 Å². The summed E-state index contributed by atoms with van der Waals surface area (Å²) in [7, 11) is 1.93. The second-order valence-corrected chi connectivity index (χ2v) is 7.15. The summed E-state index contributed by atoms with van der Waals surface area (Å²) in [5.74, 6) is 1.02. The van der Waals surface area contributed by atoms with Crippen LogP contribution in [0.4, 0.5) is 0 Å². The number of nitrogens with one attached hydrogen (secondary N) is 2. The maximum absolute atomic E-state index is 12.9. The molecule has 6 heteroatoms. The monoisotopic (exact) mass is 361 g/mol. The molecule has 26 heavy (non-hydrogen) atoms. The molecule has 2 atom stereocenters. The molecule has 0 spiro atoms. The van der Waals surface area contributed by atoms with Crippen molar-refractivity contribution in [2.45, 2.75) is 33.2 Å². The average Bonchev–Trinajstić information content (AvgIpc) is 3.08. The highest BCUT2D eigenvalue weighted by molar-refractivity contribution is 5.97. The second kappa shape index (κ2) is 9.57. The van der Waals surface area contributed by atoms with Gasteiger partial charge in [-0.1, -0.05) is 13.8 Å². The SMILES string of the molecule is CCOc1ccc(C(=O)NC(C(=O)N2CCC(CNC)C2)C(C)C)cc1. The van der Waals surface area contributed by atoms with Crippen molar-refractivity contribution < 1.29 is 14.3 Å². The van der Waals surface area contributed by atoms with E-state index in [2.05, 4.69) is 10.6 Å². The quantitative estimate of drug-likeness (QED) is 0.742. The van der Waals surface area contributed by atoms with Crippen LogP contribution in [0.3, 0.4) is 0 Å². The Kier molecular flexibility index (Phi) is 7.45. The van der Waals surface area contributed by atoms with E-state index in [4.69, 9.17) is 4.74 Å². The van der Waals surface area contributed by atoms with Crippen molar-refractivity contribution in [3.8, 4) is 5.75 Å². The third kappa shape index (κ3) is 5.21. The fourth-order valence-corrected chi connectivity index (χ4v) is 3.29. The Labute approximate surface area is 156 Å². The van der Waals surface area contributed by atoms with Crippen LogP contribution in [0.1, 0.15) is 37.6 Å². The van der Waals surface area contributed by atoms with Crippen LogP contribution in [0.5, 0.6) is 5.75 Å². The molecule has 1 aliphatic rings. The van der Waals surface area contributed by atoms with E-state index in [1.807, 2.05) is 32.7 Å². The van der Waals surface area contributed by atoms with E-state index in [-0.39, 0.29) is 17.7 Å². The molecule has 1 aromatic carbocycles. The van der Waals surface area contributed by atoms with Gasteiger partial charge in [0.2, 0.25) is 5.91 Å². The van der Waals surface area contributed by atoms with Crippen molar-refractivity contribution in [3.05, 3.63) is 29.8 Å². The van der Waals surface area contributed by atoms with Gasteiger partial charge < -0.3 is 20.3 Å². The maximum atomic E-state index is 12.9. The number of carbonyl (C=O) groups excluding carboxylic acids is 2.